The number of fused-ring (bicyclic) bond motifs is 1. The van der Waals surface area contributed by atoms with E-state index >= 15 is 0 Å². The van der Waals surface area contributed by atoms with E-state index in [1.54, 1.807) is 19.0 Å². The fraction of sp³-hybridized carbons (Fsp3) is 0.579. The van der Waals surface area contributed by atoms with Crippen LogP contribution in [0.5, 0.6) is 0 Å². The first kappa shape index (κ1) is 17.7. The lowest BCUT2D eigenvalue weighted by molar-refractivity contribution is -0.148. The molecule has 2 aliphatic heterocycles. The van der Waals surface area contributed by atoms with Crippen LogP contribution in [0.15, 0.2) is 30.3 Å². The minimum Gasteiger partial charge on any atom is -0.466 e. The van der Waals surface area contributed by atoms with Crippen molar-refractivity contribution in [2.75, 3.05) is 46.9 Å². The van der Waals surface area contributed by atoms with Crippen molar-refractivity contribution in [3.63, 3.8) is 0 Å². The third-order valence-electron chi connectivity index (χ3n) is 5.24. The Balaban J connectivity index is 1.88. The average Bonchev–Trinajstić information content (AvgIpc) is 3.00. The highest BCUT2D eigenvalue weighted by atomic mass is 16.5. The number of carbonyl (C=O) groups excluding carboxylic acids is 2. The van der Waals surface area contributed by atoms with E-state index in [9.17, 15) is 9.59 Å². The number of esters is 1. The molecule has 0 N–H and O–H groups in total. The molecule has 136 valence electrons. The average molecular weight is 345 g/mol. The number of rotatable bonds is 3. The fourth-order valence-corrected chi connectivity index (χ4v) is 4.11. The van der Waals surface area contributed by atoms with Gasteiger partial charge in [0.1, 0.15) is 0 Å². The molecule has 0 spiro atoms. The summed E-state index contributed by atoms with van der Waals surface area (Å²) in [5.74, 6) is -0.254. The SMILES string of the molecule is CCOC(=O)[C@@H]1CN2CCN(C(=O)N(C)C)C[C@@H]2[C@H]1c1ccccc1. The summed E-state index contributed by atoms with van der Waals surface area (Å²) in [7, 11) is 3.55. The van der Waals surface area contributed by atoms with E-state index in [0.29, 0.717) is 26.2 Å². The summed E-state index contributed by atoms with van der Waals surface area (Å²) in [4.78, 5) is 30.8. The van der Waals surface area contributed by atoms with Crippen LogP contribution in [-0.2, 0) is 9.53 Å². The molecule has 2 fully saturated rings. The number of hydrogen-bond acceptors (Lipinski definition) is 4. The van der Waals surface area contributed by atoms with Gasteiger partial charge in [-0.05, 0) is 12.5 Å². The van der Waals surface area contributed by atoms with Crippen LogP contribution in [0.4, 0.5) is 4.79 Å². The fourth-order valence-electron chi connectivity index (χ4n) is 4.11. The van der Waals surface area contributed by atoms with E-state index in [4.69, 9.17) is 4.74 Å². The second-order valence-corrected chi connectivity index (χ2v) is 6.98. The maximum atomic E-state index is 12.6. The number of ether oxygens (including phenoxy) is 1. The van der Waals surface area contributed by atoms with Gasteiger partial charge >= 0.3 is 12.0 Å². The molecule has 0 radical (unpaired) electrons. The van der Waals surface area contributed by atoms with E-state index in [1.165, 1.54) is 0 Å². The lowest BCUT2D eigenvalue weighted by atomic mass is 9.83. The van der Waals surface area contributed by atoms with Gasteiger partial charge in [-0.15, -0.1) is 0 Å². The number of amides is 2. The largest absolute Gasteiger partial charge is 0.466 e. The zero-order valence-corrected chi connectivity index (χ0v) is 15.2. The van der Waals surface area contributed by atoms with Crippen LogP contribution in [0.25, 0.3) is 0 Å². The highest BCUT2D eigenvalue weighted by molar-refractivity contribution is 5.76. The molecule has 6 nitrogen and oxygen atoms in total. The highest BCUT2D eigenvalue weighted by Crippen LogP contribution is 2.40. The second-order valence-electron chi connectivity index (χ2n) is 6.98. The summed E-state index contributed by atoms with van der Waals surface area (Å²) in [6.45, 7) is 5.08. The van der Waals surface area contributed by atoms with E-state index in [2.05, 4.69) is 17.0 Å². The lowest BCUT2D eigenvalue weighted by Gasteiger charge is -2.40. The molecular weight excluding hydrogens is 318 g/mol. The molecule has 2 aliphatic rings. The van der Waals surface area contributed by atoms with Crippen molar-refractivity contribution in [1.29, 1.82) is 0 Å². The number of piperazine rings is 1. The van der Waals surface area contributed by atoms with Crippen molar-refractivity contribution in [3.8, 4) is 0 Å². The molecular formula is C19H27N3O3. The van der Waals surface area contributed by atoms with Gasteiger partial charge < -0.3 is 14.5 Å². The number of hydrogen-bond donors (Lipinski definition) is 0. The van der Waals surface area contributed by atoms with Gasteiger partial charge in [0.15, 0.2) is 0 Å². The number of carbonyl (C=O) groups is 2. The van der Waals surface area contributed by atoms with Crippen molar-refractivity contribution in [2.24, 2.45) is 5.92 Å². The van der Waals surface area contributed by atoms with Gasteiger partial charge in [0.05, 0.1) is 12.5 Å². The Kier molecular flexibility index (Phi) is 5.27. The van der Waals surface area contributed by atoms with Gasteiger partial charge in [0, 0.05) is 52.2 Å². The van der Waals surface area contributed by atoms with Crippen LogP contribution in [0.2, 0.25) is 0 Å². The Hall–Kier alpha value is -2.08. The third kappa shape index (κ3) is 3.49. The van der Waals surface area contributed by atoms with Crippen molar-refractivity contribution in [2.45, 2.75) is 18.9 Å². The normalized spacial score (nSPS) is 26.2. The molecule has 3 rings (SSSR count). The Bertz CT molecular complexity index is 620. The Morgan fingerprint density at radius 2 is 1.88 bits per heavy atom. The van der Waals surface area contributed by atoms with Gasteiger partial charge in [-0.1, -0.05) is 30.3 Å². The summed E-state index contributed by atoms with van der Waals surface area (Å²) in [6.07, 6.45) is 0. The number of urea groups is 1. The second kappa shape index (κ2) is 7.44. The van der Waals surface area contributed by atoms with Crippen LogP contribution in [0, 0.1) is 5.92 Å². The van der Waals surface area contributed by atoms with Crippen LogP contribution in [0.3, 0.4) is 0 Å². The quantitative estimate of drug-likeness (QED) is 0.782. The Labute approximate surface area is 149 Å². The Morgan fingerprint density at radius 1 is 1.16 bits per heavy atom. The summed E-state index contributed by atoms with van der Waals surface area (Å²) in [5, 5.41) is 0. The van der Waals surface area contributed by atoms with Crippen LogP contribution < -0.4 is 0 Å². The summed E-state index contributed by atoms with van der Waals surface area (Å²) >= 11 is 0. The number of nitrogens with zero attached hydrogens (tertiary/aromatic N) is 3. The first-order valence-corrected chi connectivity index (χ1v) is 8.94. The molecule has 25 heavy (non-hydrogen) atoms. The molecule has 0 bridgehead atoms. The van der Waals surface area contributed by atoms with Gasteiger partial charge in [-0.2, -0.15) is 0 Å². The zero-order chi connectivity index (χ0) is 18.0. The molecule has 3 atom stereocenters. The molecule has 1 aromatic rings. The van der Waals surface area contributed by atoms with Crippen molar-refractivity contribution < 1.29 is 14.3 Å². The molecule has 2 heterocycles. The maximum absolute atomic E-state index is 12.6. The summed E-state index contributed by atoms with van der Waals surface area (Å²) in [6, 6.07) is 10.3. The van der Waals surface area contributed by atoms with E-state index in [1.807, 2.05) is 30.0 Å². The predicted molar refractivity (Wildman–Crippen MR) is 95.3 cm³/mol. The van der Waals surface area contributed by atoms with Gasteiger partial charge in [0.2, 0.25) is 0 Å². The zero-order valence-electron chi connectivity index (χ0n) is 15.2. The van der Waals surface area contributed by atoms with Crippen molar-refractivity contribution >= 4 is 12.0 Å². The third-order valence-corrected chi connectivity index (χ3v) is 5.24. The monoisotopic (exact) mass is 345 g/mol. The first-order chi connectivity index (χ1) is 12.0. The van der Waals surface area contributed by atoms with E-state index < -0.39 is 0 Å². The Morgan fingerprint density at radius 3 is 2.52 bits per heavy atom. The molecule has 0 unspecified atom stereocenters. The molecule has 2 amide bonds. The molecule has 1 aromatic carbocycles. The molecule has 0 aliphatic carbocycles. The van der Waals surface area contributed by atoms with Crippen molar-refractivity contribution in [1.82, 2.24) is 14.7 Å². The van der Waals surface area contributed by atoms with Gasteiger partial charge in [-0.3, -0.25) is 9.69 Å². The molecule has 0 aromatic heterocycles. The molecule has 6 heteroatoms. The maximum Gasteiger partial charge on any atom is 0.319 e. The van der Waals surface area contributed by atoms with E-state index in [0.717, 1.165) is 12.1 Å². The summed E-state index contributed by atoms with van der Waals surface area (Å²) in [5.41, 5.74) is 1.15. The summed E-state index contributed by atoms with van der Waals surface area (Å²) < 4.78 is 5.34. The van der Waals surface area contributed by atoms with Crippen LogP contribution in [0.1, 0.15) is 18.4 Å². The molecule has 2 saturated heterocycles. The standard InChI is InChI=1S/C19H27N3O3/c1-4-25-18(23)15-12-21-10-11-22(19(24)20(2)3)13-16(21)17(15)14-8-6-5-7-9-14/h5-9,15-17H,4,10-13H2,1-3H3/t15-,16-,17+/m1/s1. The van der Waals surface area contributed by atoms with E-state index in [-0.39, 0.29) is 29.9 Å². The van der Waals surface area contributed by atoms with Gasteiger partial charge in [-0.25, -0.2) is 4.79 Å². The van der Waals surface area contributed by atoms with Crippen molar-refractivity contribution in [3.05, 3.63) is 35.9 Å². The van der Waals surface area contributed by atoms with Crippen LogP contribution in [-0.4, -0.2) is 79.6 Å². The topological polar surface area (TPSA) is 53.1 Å². The smallest absolute Gasteiger partial charge is 0.319 e. The molecule has 0 saturated carbocycles. The number of benzene rings is 1. The van der Waals surface area contributed by atoms with Crippen LogP contribution >= 0.6 is 0 Å². The van der Waals surface area contributed by atoms with Gasteiger partial charge in [0.25, 0.3) is 0 Å². The minimum atomic E-state index is -0.179. The lowest BCUT2D eigenvalue weighted by Crippen LogP contribution is -2.55. The first-order valence-electron chi connectivity index (χ1n) is 8.94. The minimum absolute atomic E-state index is 0.0334. The predicted octanol–water partition coefficient (Wildman–Crippen LogP) is 1.63. The highest BCUT2D eigenvalue weighted by Gasteiger charge is 2.49.